The summed E-state index contributed by atoms with van der Waals surface area (Å²) in [6.45, 7) is 6.34. The summed E-state index contributed by atoms with van der Waals surface area (Å²) in [7, 11) is 0. The molecule has 1 N–H and O–H groups in total. The second-order valence-electron chi connectivity index (χ2n) is 3.55. The van der Waals surface area contributed by atoms with E-state index in [0.717, 1.165) is 5.01 Å². The third-order valence-corrected chi connectivity index (χ3v) is 3.84. The molecular formula is C11H14N2S2. The molecule has 0 saturated carbocycles. The van der Waals surface area contributed by atoms with Gasteiger partial charge in [0.1, 0.15) is 0 Å². The molecule has 0 aromatic carbocycles. The van der Waals surface area contributed by atoms with E-state index in [9.17, 15) is 0 Å². The molecule has 0 radical (unpaired) electrons. The summed E-state index contributed by atoms with van der Waals surface area (Å²) in [6.07, 6.45) is 0. The molecular weight excluding hydrogens is 224 g/mol. The lowest BCUT2D eigenvalue weighted by atomic mass is 10.2. The molecule has 2 heterocycles. The third kappa shape index (κ3) is 2.38. The van der Waals surface area contributed by atoms with Gasteiger partial charge in [-0.25, -0.2) is 4.98 Å². The number of rotatable bonds is 3. The number of aromatic nitrogens is 1. The molecule has 0 amide bonds. The van der Waals surface area contributed by atoms with Crippen molar-refractivity contribution in [1.29, 1.82) is 0 Å². The van der Waals surface area contributed by atoms with Crippen molar-refractivity contribution in [3.8, 4) is 0 Å². The maximum atomic E-state index is 4.55. The van der Waals surface area contributed by atoms with Crippen LogP contribution in [0.4, 0.5) is 5.69 Å². The van der Waals surface area contributed by atoms with Crippen molar-refractivity contribution in [2.24, 2.45) is 0 Å². The second kappa shape index (κ2) is 4.33. The summed E-state index contributed by atoms with van der Waals surface area (Å²) >= 11 is 3.47. The molecule has 2 aromatic heterocycles. The van der Waals surface area contributed by atoms with Crippen molar-refractivity contribution in [1.82, 2.24) is 4.98 Å². The van der Waals surface area contributed by atoms with E-state index in [4.69, 9.17) is 0 Å². The van der Waals surface area contributed by atoms with Gasteiger partial charge in [0.25, 0.3) is 0 Å². The van der Waals surface area contributed by atoms with E-state index in [0.29, 0.717) is 0 Å². The number of thiophene rings is 1. The topological polar surface area (TPSA) is 24.9 Å². The summed E-state index contributed by atoms with van der Waals surface area (Å²) in [4.78, 5) is 5.86. The molecule has 0 spiro atoms. The van der Waals surface area contributed by atoms with E-state index in [1.165, 1.54) is 16.3 Å². The van der Waals surface area contributed by atoms with Crippen LogP contribution in [0.3, 0.4) is 0 Å². The van der Waals surface area contributed by atoms with Crippen LogP contribution in [-0.2, 0) is 0 Å². The Bertz CT molecular complexity index is 431. The molecule has 1 unspecified atom stereocenters. The largest absolute Gasteiger partial charge is 0.376 e. The second-order valence-corrected chi connectivity index (χ2v) is 5.74. The van der Waals surface area contributed by atoms with Gasteiger partial charge in [-0.05, 0) is 32.2 Å². The fourth-order valence-corrected chi connectivity index (χ4v) is 3.12. The molecule has 2 rings (SSSR count). The van der Waals surface area contributed by atoms with E-state index in [-0.39, 0.29) is 6.04 Å². The summed E-state index contributed by atoms with van der Waals surface area (Å²) in [5.74, 6) is 0. The first kappa shape index (κ1) is 10.6. The molecule has 0 saturated heterocycles. The van der Waals surface area contributed by atoms with Crippen LogP contribution in [0.1, 0.15) is 28.5 Å². The van der Waals surface area contributed by atoms with Crippen LogP contribution >= 0.6 is 22.7 Å². The average molecular weight is 238 g/mol. The number of thiazole rings is 1. The average Bonchev–Trinajstić information content (AvgIpc) is 2.75. The Hall–Kier alpha value is -0.870. The van der Waals surface area contributed by atoms with E-state index in [1.807, 2.05) is 0 Å². The number of nitrogens with zero attached hydrogens (tertiary/aromatic N) is 1. The third-order valence-electron chi connectivity index (χ3n) is 2.25. The highest BCUT2D eigenvalue weighted by atomic mass is 32.1. The first-order valence-electron chi connectivity index (χ1n) is 4.89. The maximum Gasteiger partial charge on any atom is 0.0901 e. The van der Waals surface area contributed by atoms with Gasteiger partial charge in [0, 0.05) is 15.9 Å². The minimum Gasteiger partial charge on any atom is -0.376 e. The minimum atomic E-state index is 0.282. The monoisotopic (exact) mass is 238 g/mol. The molecule has 0 aliphatic rings. The van der Waals surface area contributed by atoms with Crippen molar-refractivity contribution in [2.75, 3.05) is 5.32 Å². The fourth-order valence-electron chi connectivity index (χ4n) is 1.61. The molecule has 2 aromatic rings. The van der Waals surface area contributed by atoms with Crippen LogP contribution in [-0.4, -0.2) is 4.98 Å². The Morgan fingerprint density at radius 3 is 2.73 bits per heavy atom. The van der Waals surface area contributed by atoms with Gasteiger partial charge >= 0.3 is 0 Å². The van der Waals surface area contributed by atoms with Crippen molar-refractivity contribution >= 4 is 28.4 Å². The normalized spacial score (nSPS) is 12.7. The first-order chi connectivity index (χ1) is 7.16. The first-order valence-corrected chi connectivity index (χ1v) is 6.65. The Balaban J connectivity index is 2.14. The summed E-state index contributed by atoms with van der Waals surface area (Å²) in [6, 6.07) is 2.37. The quantitative estimate of drug-likeness (QED) is 0.874. The zero-order valence-corrected chi connectivity index (χ0v) is 10.7. The highest BCUT2D eigenvalue weighted by Crippen LogP contribution is 2.26. The van der Waals surface area contributed by atoms with E-state index in [1.54, 1.807) is 22.7 Å². The summed E-state index contributed by atoms with van der Waals surface area (Å²) in [5.41, 5.74) is 2.35. The molecule has 2 nitrogen and oxygen atoms in total. The Morgan fingerprint density at radius 2 is 2.20 bits per heavy atom. The molecule has 1 atom stereocenters. The molecule has 0 aliphatic heterocycles. The van der Waals surface area contributed by atoms with Crippen LogP contribution in [0.25, 0.3) is 0 Å². The molecule has 4 heteroatoms. The van der Waals surface area contributed by atoms with Gasteiger partial charge in [-0.3, -0.25) is 0 Å². The molecule has 0 fully saturated rings. The number of hydrogen-bond donors (Lipinski definition) is 1. The molecule has 80 valence electrons. The van der Waals surface area contributed by atoms with E-state index >= 15 is 0 Å². The summed E-state index contributed by atoms with van der Waals surface area (Å²) < 4.78 is 0. The lowest BCUT2D eigenvalue weighted by Gasteiger charge is -2.12. The van der Waals surface area contributed by atoms with Crippen molar-refractivity contribution in [2.45, 2.75) is 26.8 Å². The predicted octanol–water partition coefficient (Wildman–Crippen LogP) is 3.99. The van der Waals surface area contributed by atoms with E-state index < -0.39 is 0 Å². The van der Waals surface area contributed by atoms with Crippen LogP contribution in [0, 0.1) is 13.8 Å². The highest BCUT2D eigenvalue weighted by molar-refractivity contribution is 7.11. The number of nitrogens with one attached hydrogen (secondary N) is 1. The van der Waals surface area contributed by atoms with Gasteiger partial charge in [0.2, 0.25) is 0 Å². The smallest absolute Gasteiger partial charge is 0.0901 e. The van der Waals surface area contributed by atoms with Crippen molar-refractivity contribution in [3.63, 3.8) is 0 Å². The lowest BCUT2D eigenvalue weighted by molar-refractivity contribution is 0.838. The van der Waals surface area contributed by atoms with Gasteiger partial charge < -0.3 is 5.32 Å². The van der Waals surface area contributed by atoms with Crippen LogP contribution in [0.2, 0.25) is 0 Å². The van der Waals surface area contributed by atoms with Gasteiger partial charge in [-0.2, -0.15) is 11.3 Å². The van der Waals surface area contributed by atoms with Gasteiger partial charge in [-0.15, -0.1) is 11.3 Å². The van der Waals surface area contributed by atoms with Crippen molar-refractivity contribution < 1.29 is 0 Å². The Labute approximate surface area is 98.0 Å². The SMILES string of the molecule is Cc1nc(C(C)Nc2ccsc2)c(C)s1. The molecule has 0 aliphatic carbocycles. The predicted molar refractivity (Wildman–Crippen MR) is 67.9 cm³/mol. The van der Waals surface area contributed by atoms with Gasteiger partial charge in [0.15, 0.2) is 0 Å². The Kier molecular flexibility index (Phi) is 3.07. The lowest BCUT2D eigenvalue weighted by Crippen LogP contribution is -2.07. The van der Waals surface area contributed by atoms with Crippen LogP contribution < -0.4 is 5.32 Å². The zero-order chi connectivity index (χ0) is 10.8. The molecule has 0 bridgehead atoms. The maximum absolute atomic E-state index is 4.55. The minimum absolute atomic E-state index is 0.282. The highest BCUT2D eigenvalue weighted by Gasteiger charge is 2.12. The van der Waals surface area contributed by atoms with E-state index in [2.05, 4.69) is 47.9 Å². The van der Waals surface area contributed by atoms with Crippen LogP contribution in [0.5, 0.6) is 0 Å². The van der Waals surface area contributed by atoms with Gasteiger partial charge in [0.05, 0.1) is 16.7 Å². The molecule has 15 heavy (non-hydrogen) atoms. The van der Waals surface area contributed by atoms with Crippen molar-refractivity contribution in [3.05, 3.63) is 32.4 Å². The summed E-state index contributed by atoms with van der Waals surface area (Å²) in [5, 5.41) is 8.78. The number of hydrogen-bond acceptors (Lipinski definition) is 4. The standard InChI is InChI=1S/C11H14N2S2/c1-7(12-10-4-5-14-6-10)11-8(2)15-9(3)13-11/h4-7,12H,1-3H3. The Morgan fingerprint density at radius 1 is 1.40 bits per heavy atom. The zero-order valence-electron chi connectivity index (χ0n) is 9.07. The number of aryl methyl sites for hydroxylation is 2. The fraction of sp³-hybridized carbons (Fsp3) is 0.364. The van der Waals surface area contributed by atoms with Gasteiger partial charge in [-0.1, -0.05) is 0 Å². The number of anilines is 1. The van der Waals surface area contributed by atoms with Crippen LogP contribution in [0.15, 0.2) is 16.8 Å².